The zero-order chi connectivity index (χ0) is 18.7. The van der Waals surface area contributed by atoms with Gasteiger partial charge in [-0.15, -0.1) is 11.8 Å². The van der Waals surface area contributed by atoms with Gasteiger partial charge < -0.3 is 20.6 Å². The standard InChI is InChI=1S/C14H16N2O8S/c17-4-6-5-25-12-9(11(20)16(12)10(6)14(23)24)15-8(19)3-1-2-7(18)13(21)22/h9,12,17H,1-5H2,(H,15,19)(H,21,22)(H,23,24). The Morgan fingerprint density at radius 3 is 2.44 bits per heavy atom. The number of carbonyl (C=O) groups is 5. The minimum absolute atomic E-state index is 0.0361. The summed E-state index contributed by atoms with van der Waals surface area (Å²) in [6.07, 6.45) is -0.366. The molecule has 10 nitrogen and oxygen atoms in total. The lowest BCUT2D eigenvalue weighted by molar-refractivity contribution is -0.151. The van der Waals surface area contributed by atoms with Crippen LogP contribution in [0.25, 0.3) is 0 Å². The van der Waals surface area contributed by atoms with E-state index in [1.54, 1.807) is 0 Å². The van der Waals surface area contributed by atoms with Crippen molar-refractivity contribution in [3.63, 3.8) is 0 Å². The number of rotatable bonds is 8. The Balaban J connectivity index is 1.92. The smallest absolute Gasteiger partial charge is 0.372 e. The highest BCUT2D eigenvalue weighted by molar-refractivity contribution is 8.00. The Hall–Kier alpha value is -2.40. The number of nitrogens with zero attached hydrogens (tertiary/aromatic N) is 1. The molecule has 4 N–H and O–H groups in total. The van der Waals surface area contributed by atoms with Crippen LogP contribution in [-0.2, 0) is 24.0 Å². The van der Waals surface area contributed by atoms with Gasteiger partial charge in [-0.05, 0) is 12.0 Å². The highest BCUT2D eigenvalue weighted by Crippen LogP contribution is 2.40. The molecule has 11 heteroatoms. The molecule has 0 saturated carbocycles. The number of hydrogen-bond donors (Lipinski definition) is 4. The molecule has 0 aromatic heterocycles. The van der Waals surface area contributed by atoms with E-state index in [0.717, 1.165) is 4.90 Å². The van der Waals surface area contributed by atoms with E-state index in [1.807, 2.05) is 0 Å². The third kappa shape index (κ3) is 3.82. The molecule has 25 heavy (non-hydrogen) atoms. The van der Waals surface area contributed by atoms with Gasteiger partial charge in [-0.1, -0.05) is 0 Å². The topological polar surface area (TPSA) is 161 Å². The zero-order valence-corrected chi connectivity index (χ0v) is 13.7. The van der Waals surface area contributed by atoms with Crippen LogP contribution in [0.1, 0.15) is 19.3 Å². The number of nitrogens with one attached hydrogen (secondary N) is 1. The predicted molar refractivity (Wildman–Crippen MR) is 83.3 cm³/mol. The molecule has 2 aliphatic heterocycles. The van der Waals surface area contributed by atoms with Crippen LogP contribution in [0.3, 0.4) is 0 Å². The number of amides is 2. The summed E-state index contributed by atoms with van der Waals surface area (Å²) in [5.74, 6) is -4.75. The normalized spacial score (nSPS) is 22.1. The second kappa shape index (κ2) is 7.66. The number of carboxylic acid groups (broad SMARTS) is 2. The number of aliphatic hydroxyl groups is 1. The van der Waals surface area contributed by atoms with Gasteiger partial charge in [-0.3, -0.25) is 19.3 Å². The van der Waals surface area contributed by atoms with Crippen molar-refractivity contribution >= 4 is 41.3 Å². The van der Waals surface area contributed by atoms with Crippen molar-refractivity contribution < 1.29 is 39.3 Å². The van der Waals surface area contributed by atoms with Gasteiger partial charge in [-0.25, -0.2) is 9.59 Å². The van der Waals surface area contributed by atoms with Crippen LogP contribution in [0, 0.1) is 0 Å². The third-order valence-corrected chi connectivity index (χ3v) is 5.14. The molecular formula is C14H16N2O8S. The molecule has 0 aliphatic carbocycles. The maximum atomic E-state index is 12.2. The molecule has 2 atom stereocenters. The van der Waals surface area contributed by atoms with Gasteiger partial charge in [0.2, 0.25) is 11.7 Å². The van der Waals surface area contributed by atoms with Gasteiger partial charge in [0.1, 0.15) is 17.1 Å². The number of thioether (sulfide) groups is 1. The average Bonchev–Trinajstić information content (AvgIpc) is 2.57. The van der Waals surface area contributed by atoms with E-state index in [0.29, 0.717) is 0 Å². The number of β-lactam (4-membered cyclic amide) rings is 1. The number of aliphatic hydroxyl groups excluding tert-OH is 1. The van der Waals surface area contributed by atoms with E-state index < -0.39 is 47.6 Å². The molecule has 2 aliphatic rings. The summed E-state index contributed by atoms with van der Waals surface area (Å²) in [6.45, 7) is -0.472. The van der Waals surface area contributed by atoms with E-state index in [9.17, 15) is 34.2 Å². The molecule has 2 unspecified atom stereocenters. The first kappa shape index (κ1) is 18.9. The van der Waals surface area contributed by atoms with Crippen molar-refractivity contribution in [1.82, 2.24) is 10.2 Å². The van der Waals surface area contributed by atoms with Gasteiger partial charge in [0.15, 0.2) is 0 Å². The van der Waals surface area contributed by atoms with Crippen LogP contribution < -0.4 is 5.32 Å². The lowest BCUT2D eigenvalue weighted by Gasteiger charge is -2.49. The Labute approximate surface area is 145 Å². The van der Waals surface area contributed by atoms with Crippen LogP contribution in [0.4, 0.5) is 0 Å². The van der Waals surface area contributed by atoms with Gasteiger partial charge in [0.05, 0.1) is 6.61 Å². The summed E-state index contributed by atoms with van der Waals surface area (Å²) in [4.78, 5) is 57.7. The summed E-state index contributed by atoms with van der Waals surface area (Å²) < 4.78 is 0. The fraction of sp³-hybridized carbons (Fsp3) is 0.500. The maximum Gasteiger partial charge on any atom is 0.372 e. The predicted octanol–water partition coefficient (Wildman–Crippen LogP) is -1.46. The molecule has 2 amide bonds. The van der Waals surface area contributed by atoms with Crippen molar-refractivity contribution in [2.45, 2.75) is 30.7 Å². The summed E-state index contributed by atoms with van der Waals surface area (Å²) in [6, 6.07) is -0.887. The average molecular weight is 372 g/mol. The van der Waals surface area contributed by atoms with Crippen LogP contribution in [0.2, 0.25) is 0 Å². The SMILES string of the molecule is O=C(CCCC(=O)C(=O)O)NC1C(=O)N2C(C(=O)O)=C(CO)CSC12. The van der Waals surface area contributed by atoms with E-state index >= 15 is 0 Å². The van der Waals surface area contributed by atoms with Gasteiger partial charge in [-0.2, -0.15) is 0 Å². The molecule has 0 spiro atoms. The second-order valence-corrected chi connectivity index (χ2v) is 6.56. The number of ketones is 1. The lowest BCUT2D eigenvalue weighted by Crippen LogP contribution is -2.70. The maximum absolute atomic E-state index is 12.2. The van der Waals surface area contributed by atoms with Crippen molar-refractivity contribution in [3.05, 3.63) is 11.3 Å². The van der Waals surface area contributed by atoms with Crippen LogP contribution >= 0.6 is 11.8 Å². The van der Waals surface area contributed by atoms with Gasteiger partial charge >= 0.3 is 11.9 Å². The molecule has 136 valence electrons. The van der Waals surface area contributed by atoms with E-state index in [2.05, 4.69) is 5.32 Å². The number of carbonyl (C=O) groups excluding carboxylic acids is 3. The quantitative estimate of drug-likeness (QED) is 0.295. The van der Waals surface area contributed by atoms with Crippen molar-refractivity contribution in [1.29, 1.82) is 0 Å². The fourth-order valence-electron chi connectivity index (χ4n) is 2.57. The van der Waals surface area contributed by atoms with Crippen molar-refractivity contribution in [2.75, 3.05) is 12.4 Å². The Morgan fingerprint density at radius 2 is 1.88 bits per heavy atom. The molecule has 0 aromatic carbocycles. The third-order valence-electron chi connectivity index (χ3n) is 3.80. The van der Waals surface area contributed by atoms with Crippen molar-refractivity contribution in [3.8, 4) is 0 Å². The van der Waals surface area contributed by atoms with E-state index in [-0.39, 0.29) is 36.3 Å². The number of Topliss-reactive ketones (excluding diaryl/α,β-unsaturated/α-hetero) is 1. The number of aliphatic carboxylic acids is 2. The first-order valence-corrected chi connectivity index (χ1v) is 8.39. The second-order valence-electron chi connectivity index (χ2n) is 5.45. The van der Waals surface area contributed by atoms with Crippen LogP contribution in [0.5, 0.6) is 0 Å². The first-order chi connectivity index (χ1) is 11.8. The zero-order valence-electron chi connectivity index (χ0n) is 12.9. The molecule has 2 heterocycles. The molecule has 1 fully saturated rings. The van der Waals surface area contributed by atoms with Crippen LogP contribution in [0.15, 0.2) is 11.3 Å². The monoisotopic (exact) mass is 372 g/mol. The summed E-state index contributed by atoms with van der Waals surface area (Å²) in [7, 11) is 0. The lowest BCUT2D eigenvalue weighted by atomic mass is 10.0. The molecule has 0 radical (unpaired) electrons. The van der Waals surface area contributed by atoms with E-state index in [1.165, 1.54) is 11.8 Å². The minimum Gasteiger partial charge on any atom is -0.477 e. The number of hydrogen-bond acceptors (Lipinski definition) is 7. The first-order valence-electron chi connectivity index (χ1n) is 7.34. The van der Waals surface area contributed by atoms with Gasteiger partial charge in [0, 0.05) is 18.6 Å². The number of carboxylic acids is 2. The fourth-order valence-corrected chi connectivity index (χ4v) is 3.90. The van der Waals surface area contributed by atoms with Crippen molar-refractivity contribution in [2.24, 2.45) is 0 Å². The highest BCUT2D eigenvalue weighted by atomic mass is 32.2. The minimum atomic E-state index is -1.56. The van der Waals surface area contributed by atoms with Crippen LogP contribution in [-0.4, -0.2) is 73.5 Å². The Bertz CT molecular complexity index is 674. The van der Waals surface area contributed by atoms with Gasteiger partial charge in [0.25, 0.3) is 5.91 Å². The molecule has 0 bridgehead atoms. The Kier molecular flexibility index (Phi) is 5.80. The molecule has 0 aromatic rings. The summed E-state index contributed by atoms with van der Waals surface area (Å²) >= 11 is 1.23. The molecule has 2 rings (SSSR count). The summed E-state index contributed by atoms with van der Waals surface area (Å²) in [5.41, 5.74) is -0.0205. The number of fused-ring (bicyclic) bond motifs is 1. The van der Waals surface area contributed by atoms with E-state index in [4.69, 9.17) is 5.11 Å². The summed E-state index contributed by atoms with van der Waals surface area (Å²) in [5, 5.41) is 28.8. The Morgan fingerprint density at radius 1 is 1.20 bits per heavy atom. The molecule has 1 saturated heterocycles. The molecular weight excluding hydrogens is 356 g/mol. The highest BCUT2D eigenvalue weighted by Gasteiger charge is 2.53. The largest absolute Gasteiger partial charge is 0.477 e.